The van der Waals surface area contributed by atoms with Crippen LogP contribution < -0.4 is 0 Å². The minimum absolute atomic E-state index is 0.0984. The highest BCUT2D eigenvalue weighted by molar-refractivity contribution is 7.85. The lowest BCUT2D eigenvalue weighted by molar-refractivity contribution is 0.0696. The largest absolute Gasteiger partial charge is 0.478 e. The Kier molecular flexibility index (Phi) is 3.48. The molecule has 0 saturated heterocycles. The van der Waals surface area contributed by atoms with E-state index in [1.807, 2.05) is 0 Å². The van der Waals surface area contributed by atoms with Gasteiger partial charge in [0.2, 0.25) is 0 Å². The van der Waals surface area contributed by atoms with Gasteiger partial charge < -0.3 is 5.11 Å². The number of carboxylic acids is 1. The first-order valence-electron chi connectivity index (χ1n) is 5.65. The summed E-state index contributed by atoms with van der Waals surface area (Å²) in [7, 11) is -1.23. The predicted molar refractivity (Wildman–Crippen MR) is 66.6 cm³/mol. The third-order valence-electron chi connectivity index (χ3n) is 3.19. The minimum Gasteiger partial charge on any atom is -0.478 e. The molecule has 0 spiro atoms. The number of benzene rings is 1. The fourth-order valence-electron chi connectivity index (χ4n) is 1.85. The quantitative estimate of drug-likeness (QED) is 0.883. The van der Waals surface area contributed by atoms with Crippen molar-refractivity contribution in [2.75, 3.05) is 5.75 Å². The predicted octanol–water partition coefficient (Wildman–Crippen LogP) is 2.19. The Morgan fingerprint density at radius 1 is 1.50 bits per heavy atom. The third-order valence-corrected chi connectivity index (χ3v) is 4.85. The number of rotatable bonds is 5. The standard InChI is InChI=1S/C13H13NO3S/c14-7-6-13(4-5-13)9-18(17)11-3-1-2-10(8-11)12(15)16/h1-3,8H,4-6,9H2,(H,15,16). The third kappa shape index (κ3) is 2.77. The zero-order valence-electron chi connectivity index (χ0n) is 9.76. The lowest BCUT2D eigenvalue weighted by atomic mass is 10.1. The van der Waals surface area contributed by atoms with Gasteiger partial charge in [0.1, 0.15) is 0 Å². The van der Waals surface area contributed by atoms with E-state index in [-0.39, 0.29) is 11.0 Å². The molecule has 1 aromatic rings. The molecule has 1 aliphatic carbocycles. The summed E-state index contributed by atoms with van der Waals surface area (Å²) in [5.41, 5.74) is 0.0461. The van der Waals surface area contributed by atoms with Crippen molar-refractivity contribution in [3.05, 3.63) is 29.8 Å². The molecule has 4 nitrogen and oxygen atoms in total. The lowest BCUT2D eigenvalue weighted by Crippen LogP contribution is -2.12. The van der Waals surface area contributed by atoms with Gasteiger partial charge in [-0.25, -0.2) is 4.79 Å². The van der Waals surface area contributed by atoms with Crippen LogP contribution in [0.2, 0.25) is 0 Å². The number of aromatic carboxylic acids is 1. The van der Waals surface area contributed by atoms with Crippen LogP contribution in [0.1, 0.15) is 29.6 Å². The summed E-state index contributed by atoms with van der Waals surface area (Å²) in [5.74, 6) is -0.573. The van der Waals surface area contributed by atoms with E-state index >= 15 is 0 Å². The van der Waals surface area contributed by atoms with Crippen molar-refractivity contribution in [2.24, 2.45) is 5.41 Å². The van der Waals surface area contributed by atoms with Crippen LogP contribution in [0.15, 0.2) is 29.2 Å². The monoisotopic (exact) mass is 263 g/mol. The van der Waals surface area contributed by atoms with Crippen molar-refractivity contribution in [3.8, 4) is 6.07 Å². The van der Waals surface area contributed by atoms with E-state index in [9.17, 15) is 9.00 Å². The van der Waals surface area contributed by atoms with E-state index in [1.54, 1.807) is 12.1 Å². The number of carbonyl (C=O) groups is 1. The minimum atomic E-state index is -1.23. The van der Waals surface area contributed by atoms with Gasteiger partial charge in [-0.3, -0.25) is 4.21 Å². The topological polar surface area (TPSA) is 78.2 Å². The lowest BCUT2D eigenvalue weighted by Gasteiger charge is -2.10. The van der Waals surface area contributed by atoms with Crippen molar-refractivity contribution in [1.82, 2.24) is 0 Å². The van der Waals surface area contributed by atoms with Gasteiger partial charge in [-0.05, 0) is 36.5 Å². The van der Waals surface area contributed by atoms with Gasteiger partial charge in [0.15, 0.2) is 0 Å². The van der Waals surface area contributed by atoms with Crippen LogP contribution in [-0.2, 0) is 10.8 Å². The number of carboxylic acid groups (broad SMARTS) is 1. The Labute approximate surface area is 108 Å². The number of hydrogen-bond donors (Lipinski definition) is 1. The summed E-state index contributed by atoms with van der Waals surface area (Å²) >= 11 is 0. The first-order chi connectivity index (χ1) is 8.56. The zero-order chi connectivity index (χ0) is 13.2. The van der Waals surface area contributed by atoms with Gasteiger partial charge in [0.05, 0.1) is 22.4 Å². The van der Waals surface area contributed by atoms with Gasteiger partial charge in [-0.15, -0.1) is 0 Å². The average Bonchev–Trinajstić information content (AvgIpc) is 3.09. The smallest absolute Gasteiger partial charge is 0.335 e. The van der Waals surface area contributed by atoms with E-state index in [4.69, 9.17) is 10.4 Å². The fraction of sp³-hybridized carbons (Fsp3) is 0.385. The molecule has 1 atom stereocenters. The first kappa shape index (κ1) is 12.8. The van der Waals surface area contributed by atoms with E-state index in [0.29, 0.717) is 17.1 Å². The van der Waals surface area contributed by atoms with Crippen molar-refractivity contribution >= 4 is 16.8 Å². The van der Waals surface area contributed by atoms with Gasteiger partial charge in [0.25, 0.3) is 0 Å². The number of nitriles is 1. The van der Waals surface area contributed by atoms with E-state index in [1.165, 1.54) is 12.1 Å². The number of nitrogens with zero attached hydrogens (tertiary/aromatic N) is 1. The Bertz CT molecular complexity index is 543. The Morgan fingerprint density at radius 2 is 2.22 bits per heavy atom. The van der Waals surface area contributed by atoms with Gasteiger partial charge >= 0.3 is 5.97 Å². The van der Waals surface area contributed by atoms with Crippen LogP contribution in [0.25, 0.3) is 0 Å². The van der Waals surface area contributed by atoms with Crippen LogP contribution in [0.3, 0.4) is 0 Å². The molecule has 1 aromatic carbocycles. The molecule has 0 radical (unpaired) electrons. The summed E-state index contributed by atoms with van der Waals surface area (Å²) < 4.78 is 12.2. The second kappa shape index (κ2) is 4.91. The van der Waals surface area contributed by atoms with E-state index in [0.717, 1.165) is 12.8 Å². The molecule has 1 saturated carbocycles. The molecule has 0 aromatic heterocycles. The molecule has 0 aliphatic heterocycles. The highest BCUT2D eigenvalue weighted by Gasteiger charge is 2.43. The maximum absolute atomic E-state index is 12.2. The van der Waals surface area contributed by atoms with Crippen molar-refractivity contribution in [3.63, 3.8) is 0 Å². The molecular formula is C13H13NO3S. The molecule has 1 unspecified atom stereocenters. The summed E-state index contributed by atoms with van der Waals surface area (Å²) in [6.45, 7) is 0. The maximum Gasteiger partial charge on any atom is 0.335 e. The average molecular weight is 263 g/mol. The Morgan fingerprint density at radius 3 is 2.78 bits per heavy atom. The molecule has 2 rings (SSSR count). The Hall–Kier alpha value is -1.67. The second-order valence-corrected chi connectivity index (χ2v) is 6.11. The van der Waals surface area contributed by atoms with Gasteiger partial charge in [0, 0.05) is 17.1 Å². The van der Waals surface area contributed by atoms with Gasteiger partial charge in [-0.1, -0.05) is 6.07 Å². The summed E-state index contributed by atoms with van der Waals surface area (Å²) in [6.07, 6.45) is 2.30. The van der Waals surface area contributed by atoms with Crippen molar-refractivity contribution in [2.45, 2.75) is 24.2 Å². The summed E-state index contributed by atoms with van der Waals surface area (Å²) in [6, 6.07) is 8.32. The number of hydrogen-bond acceptors (Lipinski definition) is 3. The van der Waals surface area contributed by atoms with Crippen LogP contribution >= 0.6 is 0 Å². The SMILES string of the molecule is N#CCC1(CS(=O)c2cccc(C(=O)O)c2)CC1. The highest BCUT2D eigenvalue weighted by atomic mass is 32.2. The van der Waals surface area contributed by atoms with Crippen molar-refractivity contribution in [1.29, 1.82) is 5.26 Å². The van der Waals surface area contributed by atoms with Crippen LogP contribution in [-0.4, -0.2) is 21.0 Å². The molecule has 5 heteroatoms. The second-order valence-electron chi connectivity index (χ2n) is 4.66. The van der Waals surface area contributed by atoms with Crippen LogP contribution in [0.4, 0.5) is 0 Å². The molecule has 1 aliphatic rings. The molecular weight excluding hydrogens is 250 g/mol. The summed E-state index contributed by atoms with van der Waals surface area (Å²) in [5, 5.41) is 17.6. The normalized spacial score (nSPS) is 17.7. The first-order valence-corrected chi connectivity index (χ1v) is 6.97. The van der Waals surface area contributed by atoms with E-state index < -0.39 is 16.8 Å². The molecule has 0 bridgehead atoms. The highest BCUT2D eigenvalue weighted by Crippen LogP contribution is 2.49. The van der Waals surface area contributed by atoms with Gasteiger partial charge in [-0.2, -0.15) is 5.26 Å². The Balaban J connectivity index is 2.12. The molecule has 1 N–H and O–H groups in total. The summed E-state index contributed by atoms with van der Waals surface area (Å²) in [4.78, 5) is 11.4. The van der Waals surface area contributed by atoms with Crippen LogP contribution in [0.5, 0.6) is 0 Å². The molecule has 18 heavy (non-hydrogen) atoms. The molecule has 1 fully saturated rings. The van der Waals surface area contributed by atoms with Crippen molar-refractivity contribution < 1.29 is 14.1 Å². The molecule has 94 valence electrons. The maximum atomic E-state index is 12.2. The molecule has 0 amide bonds. The fourth-order valence-corrected chi connectivity index (χ4v) is 3.45. The van der Waals surface area contributed by atoms with Crippen LogP contribution in [0, 0.1) is 16.7 Å². The van der Waals surface area contributed by atoms with E-state index in [2.05, 4.69) is 6.07 Å². The zero-order valence-corrected chi connectivity index (χ0v) is 10.6. The molecule has 0 heterocycles.